The fourth-order valence-corrected chi connectivity index (χ4v) is 7.20. The van der Waals surface area contributed by atoms with Crippen LogP contribution in [0.1, 0.15) is 48.4 Å². The van der Waals surface area contributed by atoms with Crippen molar-refractivity contribution in [3.63, 3.8) is 0 Å². The molecule has 1 N–H and O–H groups in total. The highest BCUT2D eigenvalue weighted by Crippen LogP contribution is 2.37. The molecule has 3 aromatic rings. The van der Waals surface area contributed by atoms with E-state index in [2.05, 4.69) is 0 Å². The van der Waals surface area contributed by atoms with Crippen LogP contribution in [0.3, 0.4) is 0 Å². The van der Waals surface area contributed by atoms with E-state index in [1.807, 2.05) is 25.1 Å². The number of carbonyl (C=O) groups excluding carboxylic acids is 1. The van der Waals surface area contributed by atoms with Crippen molar-refractivity contribution >= 4 is 50.8 Å². The molecule has 0 unspecified atom stereocenters. The Kier molecular flexibility index (Phi) is 9.74. The number of anilines is 1. The summed E-state index contributed by atoms with van der Waals surface area (Å²) in [6.07, 6.45) is 2.84. The summed E-state index contributed by atoms with van der Waals surface area (Å²) in [6.45, 7) is 3.88. The first-order valence-corrected chi connectivity index (χ1v) is 15.5. The first kappa shape index (κ1) is 31.3. The molecule has 1 atom stereocenters. The first-order chi connectivity index (χ1) is 19.9. The van der Waals surface area contributed by atoms with Gasteiger partial charge in [0.2, 0.25) is 5.91 Å². The van der Waals surface area contributed by atoms with Gasteiger partial charge in [0.05, 0.1) is 22.0 Å². The summed E-state index contributed by atoms with van der Waals surface area (Å²) < 4.78 is 44.0. The van der Waals surface area contributed by atoms with Gasteiger partial charge in [-0.25, -0.2) is 12.8 Å². The zero-order valence-corrected chi connectivity index (χ0v) is 25.4. The quantitative estimate of drug-likeness (QED) is 0.266. The normalized spacial score (nSPS) is 15.3. The van der Waals surface area contributed by atoms with E-state index in [4.69, 9.17) is 16.7 Å². The molecule has 3 aromatic carbocycles. The number of hydrogen-bond donors (Lipinski definition) is 1. The molecule has 7 nitrogen and oxygen atoms in total. The Morgan fingerprint density at radius 2 is 1.86 bits per heavy atom. The fourth-order valence-electron chi connectivity index (χ4n) is 5.21. The summed E-state index contributed by atoms with van der Waals surface area (Å²) in [4.78, 5) is 25.1. The summed E-state index contributed by atoms with van der Waals surface area (Å²) in [6, 6.07) is 16.8. The van der Waals surface area contributed by atoms with Gasteiger partial charge in [0.1, 0.15) is 5.82 Å². The van der Waals surface area contributed by atoms with Crippen molar-refractivity contribution in [2.75, 3.05) is 24.4 Å². The minimum Gasteiger partial charge on any atom is -0.481 e. The molecule has 1 amide bonds. The van der Waals surface area contributed by atoms with Crippen LogP contribution in [0.15, 0.2) is 65.6 Å². The lowest BCUT2D eigenvalue weighted by molar-refractivity contribution is -0.138. The van der Waals surface area contributed by atoms with E-state index in [1.54, 1.807) is 56.4 Å². The maximum atomic E-state index is 14.6. The third-order valence-electron chi connectivity index (χ3n) is 7.48. The molecule has 0 fully saturated rings. The van der Waals surface area contributed by atoms with Gasteiger partial charge in [-0.1, -0.05) is 48.0 Å². The molecule has 1 heterocycles. The average molecular weight is 613 g/mol. The predicted octanol–water partition coefficient (Wildman–Crippen LogP) is 6.43. The first-order valence-electron chi connectivity index (χ1n) is 13.7. The van der Waals surface area contributed by atoms with Crippen molar-refractivity contribution in [2.24, 2.45) is 5.92 Å². The van der Waals surface area contributed by atoms with Crippen LogP contribution >= 0.6 is 11.6 Å². The Labute approximate surface area is 251 Å². The Hall–Kier alpha value is -3.69. The molecule has 0 radical (unpaired) electrons. The minimum atomic E-state index is -3.94. The number of fused-ring (bicyclic) bond motifs is 1. The highest BCUT2D eigenvalue weighted by molar-refractivity contribution is 7.92. The van der Waals surface area contributed by atoms with Gasteiger partial charge < -0.3 is 10.0 Å². The van der Waals surface area contributed by atoms with Crippen LogP contribution in [0.2, 0.25) is 5.02 Å². The molecule has 0 saturated carbocycles. The lowest BCUT2D eigenvalue weighted by atomic mass is 9.89. The minimum absolute atomic E-state index is 0.114. The number of aliphatic carboxylic acids is 1. The Morgan fingerprint density at radius 3 is 2.55 bits per heavy atom. The van der Waals surface area contributed by atoms with Gasteiger partial charge in [-0.05, 0) is 85.2 Å². The third-order valence-corrected chi connectivity index (χ3v) is 9.57. The van der Waals surface area contributed by atoms with E-state index >= 15 is 0 Å². The van der Waals surface area contributed by atoms with Crippen LogP contribution in [-0.4, -0.2) is 50.4 Å². The number of sulfonamides is 1. The Bertz CT molecular complexity index is 1620. The molecule has 1 aliphatic heterocycles. The van der Waals surface area contributed by atoms with Crippen LogP contribution in [-0.2, 0) is 26.0 Å². The van der Waals surface area contributed by atoms with Crippen LogP contribution < -0.4 is 4.31 Å². The van der Waals surface area contributed by atoms with E-state index in [1.165, 1.54) is 15.3 Å². The smallest absolute Gasteiger partial charge is 0.305 e. The number of benzene rings is 3. The number of aryl methyl sites for hydroxylation is 1. The number of carboxylic acid groups (broad SMARTS) is 1. The van der Waals surface area contributed by atoms with Gasteiger partial charge in [0.15, 0.2) is 0 Å². The zero-order chi connectivity index (χ0) is 30.6. The van der Waals surface area contributed by atoms with Crippen molar-refractivity contribution < 1.29 is 27.5 Å². The van der Waals surface area contributed by atoms with Crippen LogP contribution in [0, 0.1) is 18.7 Å². The summed E-state index contributed by atoms with van der Waals surface area (Å²) in [5.41, 5.74) is 3.77. The number of carboxylic acids is 1. The largest absolute Gasteiger partial charge is 0.481 e. The van der Waals surface area contributed by atoms with Crippen molar-refractivity contribution in [3.05, 3.63) is 93.8 Å². The van der Waals surface area contributed by atoms with Crippen molar-refractivity contribution in [1.82, 2.24) is 4.90 Å². The lowest BCUT2D eigenvalue weighted by Gasteiger charge is -2.36. The highest BCUT2D eigenvalue weighted by Gasteiger charge is 2.34. The average Bonchev–Trinajstić information content (AvgIpc) is 2.94. The summed E-state index contributed by atoms with van der Waals surface area (Å²) in [5, 5.41) is 9.20. The predicted molar refractivity (Wildman–Crippen MR) is 163 cm³/mol. The van der Waals surface area contributed by atoms with E-state index in [0.717, 1.165) is 11.1 Å². The summed E-state index contributed by atoms with van der Waals surface area (Å²) in [5.74, 6) is -1.73. The molecule has 0 aromatic heterocycles. The lowest BCUT2D eigenvalue weighted by Crippen LogP contribution is -2.40. The number of halogens is 2. The fraction of sp³-hybridized carbons (Fsp3) is 0.312. The maximum absolute atomic E-state index is 14.6. The molecule has 4 rings (SSSR count). The molecule has 42 heavy (non-hydrogen) atoms. The van der Waals surface area contributed by atoms with Gasteiger partial charge >= 0.3 is 5.97 Å². The van der Waals surface area contributed by atoms with Gasteiger partial charge in [-0.15, -0.1) is 0 Å². The van der Waals surface area contributed by atoms with Crippen molar-refractivity contribution in [3.8, 4) is 0 Å². The number of hydrogen-bond acceptors (Lipinski definition) is 4. The van der Waals surface area contributed by atoms with Gasteiger partial charge in [-0.3, -0.25) is 13.9 Å². The molecule has 0 aliphatic carbocycles. The maximum Gasteiger partial charge on any atom is 0.305 e. The second-order valence-corrected chi connectivity index (χ2v) is 13.0. The monoisotopic (exact) mass is 612 g/mol. The highest BCUT2D eigenvalue weighted by atomic mass is 35.5. The standard InChI is InChI=1S/C32H34ClFN2O5S/c1-21-6-4-7-26(16-21)42(40,41)36-20-24(11-13-30(37)35(3)15-14-31(38)39)18-25-12-10-23(19-29(25)36)17-22(2)32-27(33)8-5-9-28(32)34/h4-10,12,16-17,19,24H,11,13-15,18,20H2,1-3H3,(H,38,39)/b22-17+/t24-/m1/s1. The second-order valence-electron chi connectivity index (χ2n) is 10.7. The molecule has 222 valence electrons. The van der Waals surface area contributed by atoms with Crippen LogP contribution in [0.4, 0.5) is 10.1 Å². The molecular formula is C32H34ClFN2O5S. The second kappa shape index (κ2) is 13.1. The number of rotatable bonds is 10. The van der Waals surface area contributed by atoms with Gasteiger partial charge in [0.25, 0.3) is 10.0 Å². The molecule has 0 saturated heterocycles. The van der Waals surface area contributed by atoms with Crippen molar-refractivity contribution in [2.45, 2.75) is 44.4 Å². The number of amides is 1. The third kappa shape index (κ3) is 7.20. The van der Waals surface area contributed by atoms with Crippen LogP contribution in [0.25, 0.3) is 11.6 Å². The van der Waals surface area contributed by atoms with E-state index in [9.17, 15) is 22.4 Å². The summed E-state index contributed by atoms with van der Waals surface area (Å²) >= 11 is 6.27. The summed E-state index contributed by atoms with van der Waals surface area (Å²) in [7, 11) is -2.37. The van der Waals surface area contributed by atoms with E-state index < -0.39 is 21.8 Å². The molecular weight excluding hydrogens is 579 g/mol. The molecule has 0 spiro atoms. The molecule has 1 aliphatic rings. The van der Waals surface area contributed by atoms with Gasteiger partial charge in [0, 0.05) is 32.1 Å². The molecule has 10 heteroatoms. The molecule has 0 bridgehead atoms. The van der Waals surface area contributed by atoms with Gasteiger partial charge in [-0.2, -0.15) is 0 Å². The number of carbonyl (C=O) groups is 2. The Morgan fingerprint density at radius 1 is 1.12 bits per heavy atom. The van der Waals surface area contributed by atoms with E-state index in [-0.39, 0.29) is 47.7 Å². The zero-order valence-electron chi connectivity index (χ0n) is 23.8. The van der Waals surface area contributed by atoms with Crippen LogP contribution in [0.5, 0.6) is 0 Å². The topological polar surface area (TPSA) is 95.0 Å². The number of nitrogens with zero attached hydrogens (tertiary/aromatic N) is 2. The van der Waals surface area contributed by atoms with Crippen molar-refractivity contribution in [1.29, 1.82) is 0 Å². The Balaban J connectivity index is 1.67. The van der Waals surface area contributed by atoms with E-state index in [0.29, 0.717) is 35.2 Å². The number of allylic oxidation sites excluding steroid dienone is 1. The SMILES string of the molecule is C/C(=C\c1ccc2c(c1)N(S(=O)(=O)c1cccc(C)c1)C[C@H](CCC(=O)N(C)CCC(=O)O)C2)c1c(F)cccc1Cl.